The van der Waals surface area contributed by atoms with E-state index in [-0.39, 0.29) is 24.3 Å². The number of carbonyl (C=O) groups is 2. The third-order valence-corrected chi connectivity index (χ3v) is 9.49. The molecular weight excluding hydrogens is 476 g/mol. The molecule has 0 unspecified atom stereocenters. The molecule has 36 heavy (non-hydrogen) atoms. The molecule has 1 atom stereocenters. The van der Waals surface area contributed by atoms with Crippen LogP contribution in [-0.4, -0.2) is 61.6 Å². The van der Waals surface area contributed by atoms with Crippen molar-refractivity contribution in [1.82, 2.24) is 13.9 Å². The maximum absolute atomic E-state index is 13.0. The lowest BCUT2D eigenvalue weighted by Crippen LogP contribution is -2.49. The van der Waals surface area contributed by atoms with Gasteiger partial charge in [-0.1, -0.05) is 29.8 Å². The number of hydrogen-bond donors (Lipinski definition) is 1. The van der Waals surface area contributed by atoms with Gasteiger partial charge in [0.15, 0.2) is 0 Å². The van der Waals surface area contributed by atoms with E-state index in [1.54, 1.807) is 4.31 Å². The molecule has 2 fully saturated rings. The number of fused-ring (bicyclic) bond motifs is 1. The van der Waals surface area contributed by atoms with E-state index in [1.165, 1.54) is 4.31 Å². The molecule has 0 aromatic heterocycles. The van der Waals surface area contributed by atoms with Gasteiger partial charge in [0, 0.05) is 50.5 Å². The minimum atomic E-state index is -3.48. The van der Waals surface area contributed by atoms with E-state index in [0.29, 0.717) is 51.1 Å². The van der Waals surface area contributed by atoms with Gasteiger partial charge in [0.2, 0.25) is 5.91 Å². The monoisotopic (exact) mass is 510 g/mol. The average molecular weight is 511 g/mol. The summed E-state index contributed by atoms with van der Waals surface area (Å²) in [7, 11) is -3.48. The number of nitrogens with zero attached hydrogens (tertiary/aromatic N) is 3. The van der Waals surface area contributed by atoms with Crippen LogP contribution in [0.3, 0.4) is 0 Å². The third kappa shape index (κ3) is 5.05. The van der Waals surface area contributed by atoms with Gasteiger partial charge in [0.05, 0.1) is 5.92 Å². The number of amides is 2. The molecule has 2 aromatic carbocycles. The number of benzene rings is 2. The van der Waals surface area contributed by atoms with Crippen LogP contribution in [0.2, 0.25) is 0 Å². The van der Waals surface area contributed by atoms with Crippen molar-refractivity contribution in [3.8, 4) is 0 Å². The lowest BCUT2D eigenvalue weighted by atomic mass is 9.98. The Morgan fingerprint density at radius 1 is 0.972 bits per heavy atom. The van der Waals surface area contributed by atoms with Crippen molar-refractivity contribution in [2.45, 2.75) is 45.6 Å². The standard InChI is InChI=1S/C27H34N4O4S/c1-20-6-4-7-23(16-20)27(33)31-15-11-22-17-21(9-10-25(22)31)18-28-26(32)24-8-5-14-30(19-24)36(34,35)29-12-2-3-13-29/h4,6-7,9-10,16-17,24H,2-3,5,8,11-15,18-19H2,1H3,(H,28,32)/t24-/m1/s1. The molecule has 3 heterocycles. The summed E-state index contributed by atoms with van der Waals surface area (Å²) in [5.41, 5.74) is 4.74. The summed E-state index contributed by atoms with van der Waals surface area (Å²) in [6.07, 6.45) is 3.96. The molecule has 0 radical (unpaired) electrons. The van der Waals surface area contributed by atoms with Crippen molar-refractivity contribution < 1.29 is 18.0 Å². The molecule has 0 spiro atoms. The third-order valence-electron chi connectivity index (χ3n) is 7.49. The molecular formula is C27H34N4O4S. The van der Waals surface area contributed by atoms with Crippen LogP contribution in [0.5, 0.6) is 0 Å². The average Bonchev–Trinajstić information content (AvgIpc) is 3.58. The predicted octanol–water partition coefficient (Wildman–Crippen LogP) is 2.87. The number of nitrogens with one attached hydrogen (secondary N) is 1. The molecule has 2 saturated heterocycles. The van der Waals surface area contributed by atoms with Gasteiger partial charge in [0.25, 0.3) is 16.1 Å². The van der Waals surface area contributed by atoms with Crippen LogP contribution < -0.4 is 10.2 Å². The Bertz CT molecular complexity index is 1260. The first kappa shape index (κ1) is 24.9. The lowest BCUT2D eigenvalue weighted by molar-refractivity contribution is -0.126. The van der Waals surface area contributed by atoms with Gasteiger partial charge in [-0.2, -0.15) is 17.0 Å². The van der Waals surface area contributed by atoms with E-state index in [0.717, 1.165) is 41.6 Å². The highest BCUT2D eigenvalue weighted by molar-refractivity contribution is 7.86. The summed E-state index contributed by atoms with van der Waals surface area (Å²) >= 11 is 0. The first-order valence-corrected chi connectivity index (χ1v) is 14.3. The van der Waals surface area contributed by atoms with Gasteiger partial charge in [-0.25, -0.2) is 0 Å². The molecule has 9 heteroatoms. The zero-order valence-electron chi connectivity index (χ0n) is 20.8. The number of piperidine rings is 1. The smallest absolute Gasteiger partial charge is 0.281 e. The molecule has 2 amide bonds. The predicted molar refractivity (Wildman–Crippen MR) is 139 cm³/mol. The maximum atomic E-state index is 13.0. The Kier molecular flexibility index (Phi) is 7.14. The van der Waals surface area contributed by atoms with Crippen molar-refractivity contribution in [1.29, 1.82) is 0 Å². The van der Waals surface area contributed by atoms with Crippen LogP contribution in [0, 0.1) is 12.8 Å². The van der Waals surface area contributed by atoms with Crippen molar-refractivity contribution in [2.75, 3.05) is 37.6 Å². The minimum Gasteiger partial charge on any atom is -0.352 e. The molecule has 1 N–H and O–H groups in total. The summed E-state index contributed by atoms with van der Waals surface area (Å²) < 4.78 is 28.9. The number of carbonyl (C=O) groups excluding carboxylic acids is 2. The number of hydrogen-bond acceptors (Lipinski definition) is 4. The molecule has 8 nitrogen and oxygen atoms in total. The molecule has 3 aliphatic heterocycles. The SMILES string of the molecule is Cc1cccc(C(=O)N2CCc3cc(CNC(=O)[C@@H]4CCCN(S(=O)(=O)N5CCCC5)C4)ccc32)c1. The normalized spacial score (nSPS) is 20.9. The highest BCUT2D eigenvalue weighted by Gasteiger charge is 2.36. The van der Waals surface area contributed by atoms with E-state index in [1.807, 2.05) is 48.2 Å². The van der Waals surface area contributed by atoms with Gasteiger partial charge in [-0.05, 0) is 68.4 Å². The Hall–Kier alpha value is -2.75. The van der Waals surface area contributed by atoms with Crippen molar-refractivity contribution >= 4 is 27.7 Å². The van der Waals surface area contributed by atoms with E-state index in [9.17, 15) is 18.0 Å². The first-order chi connectivity index (χ1) is 17.3. The summed E-state index contributed by atoms with van der Waals surface area (Å²) in [6.45, 7) is 4.86. The molecule has 0 saturated carbocycles. The summed E-state index contributed by atoms with van der Waals surface area (Å²) in [5.74, 6) is -0.440. The van der Waals surface area contributed by atoms with Crippen molar-refractivity contribution in [2.24, 2.45) is 5.92 Å². The second-order valence-electron chi connectivity index (χ2n) is 10.1. The van der Waals surface area contributed by atoms with E-state index < -0.39 is 10.2 Å². The van der Waals surface area contributed by atoms with E-state index >= 15 is 0 Å². The van der Waals surface area contributed by atoms with Crippen LogP contribution in [0.1, 0.15) is 52.7 Å². The van der Waals surface area contributed by atoms with Gasteiger partial charge in [-0.3, -0.25) is 9.59 Å². The number of aryl methyl sites for hydroxylation is 1. The second kappa shape index (κ2) is 10.3. The van der Waals surface area contributed by atoms with Gasteiger partial charge >= 0.3 is 0 Å². The quantitative estimate of drug-likeness (QED) is 0.647. The topological polar surface area (TPSA) is 90.0 Å². The Morgan fingerprint density at radius 3 is 2.53 bits per heavy atom. The fraction of sp³-hybridized carbons (Fsp3) is 0.481. The summed E-state index contributed by atoms with van der Waals surface area (Å²) in [6, 6.07) is 13.6. The zero-order valence-corrected chi connectivity index (χ0v) is 21.6. The highest BCUT2D eigenvalue weighted by atomic mass is 32.2. The highest BCUT2D eigenvalue weighted by Crippen LogP contribution is 2.30. The molecule has 0 bridgehead atoms. The van der Waals surface area contributed by atoms with Crippen LogP contribution in [0.15, 0.2) is 42.5 Å². The molecule has 0 aliphatic carbocycles. The minimum absolute atomic E-state index is 0.00392. The van der Waals surface area contributed by atoms with Crippen LogP contribution in [-0.2, 0) is 28.0 Å². The molecule has 2 aromatic rings. The van der Waals surface area contributed by atoms with E-state index in [4.69, 9.17) is 0 Å². The van der Waals surface area contributed by atoms with E-state index in [2.05, 4.69) is 11.4 Å². The summed E-state index contributed by atoms with van der Waals surface area (Å²) in [5, 5.41) is 3.01. The number of rotatable bonds is 6. The first-order valence-electron chi connectivity index (χ1n) is 12.9. The molecule has 5 rings (SSSR count). The van der Waals surface area contributed by atoms with Gasteiger partial charge < -0.3 is 10.2 Å². The van der Waals surface area contributed by atoms with Crippen molar-refractivity contribution in [3.05, 3.63) is 64.7 Å². The van der Waals surface area contributed by atoms with Gasteiger partial charge in [-0.15, -0.1) is 0 Å². The Labute approximate surface area is 213 Å². The largest absolute Gasteiger partial charge is 0.352 e. The van der Waals surface area contributed by atoms with Crippen molar-refractivity contribution in [3.63, 3.8) is 0 Å². The fourth-order valence-electron chi connectivity index (χ4n) is 5.49. The van der Waals surface area contributed by atoms with Gasteiger partial charge in [0.1, 0.15) is 0 Å². The lowest BCUT2D eigenvalue weighted by Gasteiger charge is -2.33. The van der Waals surface area contributed by atoms with Crippen LogP contribution in [0.4, 0.5) is 5.69 Å². The second-order valence-corrected chi connectivity index (χ2v) is 12.0. The summed E-state index contributed by atoms with van der Waals surface area (Å²) in [4.78, 5) is 27.8. The zero-order chi connectivity index (χ0) is 25.3. The van der Waals surface area contributed by atoms with Crippen LogP contribution in [0.25, 0.3) is 0 Å². The Balaban J connectivity index is 1.19. The maximum Gasteiger partial charge on any atom is 0.281 e. The molecule has 192 valence electrons. The number of anilines is 1. The fourth-order valence-corrected chi connectivity index (χ4v) is 7.27. The molecule has 3 aliphatic rings. The van der Waals surface area contributed by atoms with Crippen LogP contribution >= 0.6 is 0 Å². The Morgan fingerprint density at radius 2 is 1.75 bits per heavy atom.